The predicted molar refractivity (Wildman–Crippen MR) is 105 cm³/mol. The second kappa shape index (κ2) is 6.76. The van der Waals surface area contributed by atoms with E-state index in [4.69, 9.17) is 9.47 Å². The molecule has 0 saturated carbocycles. The van der Waals surface area contributed by atoms with Gasteiger partial charge in [-0.3, -0.25) is 14.4 Å². The molecule has 0 aliphatic heterocycles. The molecule has 140 valence electrons. The minimum Gasteiger partial charge on any atom is -0.497 e. The molecule has 0 atom stereocenters. The van der Waals surface area contributed by atoms with Crippen molar-refractivity contribution >= 4 is 38.8 Å². The van der Waals surface area contributed by atoms with Crippen LogP contribution in [0.1, 0.15) is 36.8 Å². The molecule has 6 nitrogen and oxygen atoms in total. The predicted octanol–water partition coefficient (Wildman–Crippen LogP) is 3.85. The first kappa shape index (κ1) is 18.2. The number of hydrogen-bond donors (Lipinski definition) is 0. The number of pyridine rings is 1. The van der Waals surface area contributed by atoms with Gasteiger partial charge in [0.15, 0.2) is 11.5 Å². The van der Waals surface area contributed by atoms with Crippen molar-refractivity contribution in [2.45, 2.75) is 0 Å². The van der Waals surface area contributed by atoms with Gasteiger partial charge in [-0.1, -0.05) is 0 Å². The maximum absolute atomic E-state index is 13.4. The number of ketones is 3. The number of carbonyl (C=O) groups excluding carboxylic acids is 3. The third-order valence-corrected chi connectivity index (χ3v) is 5.05. The Labute approximate surface area is 168 Å². The molecule has 4 rings (SSSR count). The number of methoxy groups -OCH3 is 2. The van der Waals surface area contributed by atoms with Crippen molar-refractivity contribution in [3.8, 4) is 5.75 Å². The molecule has 1 aliphatic rings. The number of ether oxygens (including phenoxy) is 2. The molecule has 1 aliphatic carbocycles. The number of rotatable bonds is 4. The van der Waals surface area contributed by atoms with E-state index >= 15 is 0 Å². The van der Waals surface area contributed by atoms with Crippen molar-refractivity contribution in [2.75, 3.05) is 14.2 Å². The Bertz CT molecular complexity index is 1190. The maximum Gasteiger partial charge on any atom is 0.228 e. The summed E-state index contributed by atoms with van der Waals surface area (Å²) in [6.45, 7) is 0. The first-order valence-corrected chi connectivity index (χ1v) is 9.12. The van der Waals surface area contributed by atoms with Gasteiger partial charge in [0, 0.05) is 33.4 Å². The number of halogens is 1. The summed E-state index contributed by atoms with van der Waals surface area (Å²) in [5.41, 5.74) is 1.35. The zero-order chi connectivity index (χ0) is 20.0. The molecule has 0 amide bonds. The van der Waals surface area contributed by atoms with E-state index < -0.39 is 11.6 Å². The van der Waals surface area contributed by atoms with Crippen LogP contribution in [0.4, 0.5) is 0 Å². The number of nitrogens with zero attached hydrogens (tertiary/aromatic N) is 1. The minimum absolute atomic E-state index is 0.0460. The molecule has 3 aromatic rings. The van der Waals surface area contributed by atoms with Crippen LogP contribution in [0.15, 0.2) is 58.9 Å². The summed E-state index contributed by atoms with van der Waals surface area (Å²) >= 11 is 3.39. The Kier molecular flexibility index (Phi) is 4.39. The fourth-order valence-electron chi connectivity index (χ4n) is 3.29. The van der Waals surface area contributed by atoms with E-state index in [0.29, 0.717) is 16.8 Å². The molecule has 0 N–H and O–H groups in total. The highest BCUT2D eigenvalue weighted by Crippen LogP contribution is 2.30. The normalized spacial score (nSPS) is 13.3. The van der Waals surface area contributed by atoms with Gasteiger partial charge >= 0.3 is 0 Å². The largest absolute Gasteiger partial charge is 0.497 e. The number of benzene rings is 1. The molecule has 0 fully saturated rings. The van der Waals surface area contributed by atoms with E-state index in [9.17, 15) is 14.4 Å². The van der Waals surface area contributed by atoms with Gasteiger partial charge in [-0.05, 0) is 52.3 Å². The lowest BCUT2D eigenvalue weighted by Crippen LogP contribution is -2.24. The summed E-state index contributed by atoms with van der Waals surface area (Å²) in [5.74, 6) is -0.687. The van der Waals surface area contributed by atoms with Crippen LogP contribution in [0.5, 0.6) is 5.75 Å². The standard InChI is InChI=1S/C21H14BrNO5/c1-27-14-5-3-11(4-6-14)20(25)19-18-15(8-13-7-12(22)10-23(13)19)21(26)17(28-2)9-16(18)24/h3-10H,1-2H3. The fourth-order valence-corrected chi connectivity index (χ4v) is 3.73. The van der Waals surface area contributed by atoms with E-state index in [1.165, 1.54) is 14.2 Å². The monoisotopic (exact) mass is 439 g/mol. The van der Waals surface area contributed by atoms with Crippen molar-refractivity contribution in [3.05, 3.63) is 81.3 Å². The van der Waals surface area contributed by atoms with Crippen molar-refractivity contribution in [1.29, 1.82) is 0 Å². The molecule has 1 aromatic carbocycles. The molecule has 0 radical (unpaired) electrons. The Morgan fingerprint density at radius 1 is 1.04 bits per heavy atom. The maximum atomic E-state index is 13.4. The minimum atomic E-state index is -0.449. The van der Waals surface area contributed by atoms with Gasteiger partial charge in [0.05, 0.1) is 19.8 Å². The van der Waals surface area contributed by atoms with E-state index in [2.05, 4.69) is 15.9 Å². The zero-order valence-corrected chi connectivity index (χ0v) is 16.6. The number of carbonyl (C=O) groups is 3. The molecule has 2 heterocycles. The number of Topliss-reactive ketones (excluding diaryl/α,β-unsaturated/α-hetero) is 1. The Balaban J connectivity index is 2.00. The quantitative estimate of drug-likeness (QED) is 0.577. The van der Waals surface area contributed by atoms with E-state index in [-0.39, 0.29) is 28.4 Å². The smallest absolute Gasteiger partial charge is 0.228 e. The second-order valence-corrected chi connectivity index (χ2v) is 7.11. The lowest BCUT2D eigenvalue weighted by molar-refractivity contribution is 0.0914. The highest BCUT2D eigenvalue weighted by Gasteiger charge is 2.33. The summed E-state index contributed by atoms with van der Waals surface area (Å²) < 4.78 is 12.5. The van der Waals surface area contributed by atoms with Gasteiger partial charge in [0.2, 0.25) is 11.6 Å². The molecule has 0 unspecified atom stereocenters. The number of allylic oxidation sites excluding steroid dienone is 2. The van der Waals surface area contributed by atoms with Crippen LogP contribution in [-0.2, 0) is 4.74 Å². The van der Waals surface area contributed by atoms with Crippen molar-refractivity contribution in [3.63, 3.8) is 0 Å². The molecular weight excluding hydrogens is 426 g/mol. The van der Waals surface area contributed by atoms with Gasteiger partial charge in [-0.15, -0.1) is 0 Å². The van der Waals surface area contributed by atoms with Crippen LogP contribution < -0.4 is 4.74 Å². The molecule has 0 saturated heterocycles. The highest BCUT2D eigenvalue weighted by atomic mass is 79.9. The molecule has 0 spiro atoms. The average Bonchev–Trinajstić information content (AvgIpc) is 3.08. The van der Waals surface area contributed by atoms with Crippen LogP contribution in [0.25, 0.3) is 5.52 Å². The topological polar surface area (TPSA) is 74.1 Å². The summed E-state index contributed by atoms with van der Waals surface area (Å²) in [7, 11) is 2.87. The Hall–Kier alpha value is -3.19. The highest BCUT2D eigenvalue weighted by molar-refractivity contribution is 9.10. The van der Waals surface area contributed by atoms with Crippen LogP contribution in [-0.4, -0.2) is 36.0 Å². The van der Waals surface area contributed by atoms with Crippen LogP contribution >= 0.6 is 15.9 Å². The van der Waals surface area contributed by atoms with Crippen LogP contribution in [0.2, 0.25) is 0 Å². The zero-order valence-electron chi connectivity index (χ0n) is 15.0. The molecule has 2 aromatic heterocycles. The average molecular weight is 440 g/mol. The van der Waals surface area contributed by atoms with E-state index in [1.54, 1.807) is 47.0 Å². The number of hydrogen-bond acceptors (Lipinski definition) is 5. The SMILES string of the molecule is COC1=CC(=O)c2c(cc3cc(Br)cn3c2C(=O)c2ccc(OC)cc2)C1=O. The summed E-state index contributed by atoms with van der Waals surface area (Å²) in [6.07, 6.45) is 2.82. The van der Waals surface area contributed by atoms with E-state index in [1.807, 2.05) is 0 Å². The van der Waals surface area contributed by atoms with E-state index in [0.717, 1.165) is 10.5 Å². The Morgan fingerprint density at radius 3 is 2.39 bits per heavy atom. The van der Waals surface area contributed by atoms with Gasteiger partial charge in [0.1, 0.15) is 11.4 Å². The van der Waals surface area contributed by atoms with Crippen molar-refractivity contribution in [2.24, 2.45) is 0 Å². The van der Waals surface area contributed by atoms with Crippen LogP contribution in [0, 0.1) is 0 Å². The lowest BCUT2D eigenvalue weighted by atomic mass is 9.89. The Morgan fingerprint density at radius 2 is 1.75 bits per heavy atom. The molecular formula is C21H14BrNO5. The first-order chi connectivity index (χ1) is 13.4. The third kappa shape index (κ3) is 2.75. The van der Waals surface area contributed by atoms with Crippen molar-refractivity contribution in [1.82, 2.24) is 4.40 Å². The number of aromatic nitrogens is 1. The molecule has 28 heavy (non-hydrogen) atoms. The first-order valence-electron chi connectivity index (χ1n) is 8.32. The molecule has 0 bridgehead atoms. The summed E-state index contributed by atoms with van der Waals surface area (Å²) in [5, 5.41) is 0. The van der Waals surface area contributed by atoms with Gasteiger partial charge in [0.25, 0.3) is 0 Å². The van der Waals surface area contributed by atoms with Gasteiger partial charge in [-0.2, -0.15) is 0 Å². The fraction of sp³-hybridized carbons (Fsp3) is 0.0952. The van der Waals surface area contributed by atoms with Crippen LogP contribution in [0.3, 0.4) is 0 Å². The second-order valence-electron chi connectivity index (χ2n) is 6.20. The summed E-state index contributed by atoms with van der Waals surface area (Å²) in [4.78, 5) is 38.9. The van der Waals surface area contributed by atoms with Gasteiger partial charge in [-0.25, -0.2) is 0 Å². The van der Waals surface area contributed by atoms with Crippen molar-refractivity contribution < 1.29 is 23.9 Å². The summed E-state index contributed by atoms with van der Waals surface area (Å²) in [6, 6.07) is 9.94. The number of fused-ring (bicyclic) bond motifs is 2. The third-order valence-electron chi connectivity index (χ3n) is 4.62. The van der Waals surface area contributed by atoms with Gasteiger partial charge < -0.3 is 13.9 Å². The molecule has 7 heteroatoms. The lowest BCUT2D eigenvalue weighted by Gasteiger charge is -2.19.